The van der Waals surface area contributed by atoms with Gasteiger partial charge < -0.3 is 10.3 Å². The van der Waals surface area contributed by atoms with Gasteiger partial charge in [-0.05, 0) is 24.6 Å². The van der Waals surface area contributed by atoms with Gasteiger partial charge in [0.05, 0.1) is 5.39 Å². The van der Waals surface area contributed by atoms with Gasteiger partial charge in [0, 0.05) is 21.5 Å². The largest absolute Gasteiger partial charge is 0.334 e. The van der Waals surface area contributed by atoms with Gasteiger partial charge in [0.25, 0.3) is 5.56 Å². The second-order valence-electron chi connectivity index (χ2n) is 6.49. The Morgan fingerprint density at radius 3 is 2.63 bits per heavy atom. The van der Waals surface area contributed by atoms with Crippen LogP contribution in [0.25, 0.3) is 21.3 Å². The van der Waals surface area contributed by atoms with Crippen molar-refractivity contribution in [3.8, 4) is 11.1 Å². The Kier molecular flexibility index (Phi) is 5.07. The van der Waals surface area contributed by atoms with Gasteiger partial charge in [-0.1, -0.05) is 54.1 Å². The van der Waals surface area contributed by atoms with Crippen LogP contribution in [0.4, 0.5) is 0 Å². The second kappa shape index (κ2) is 7.64. The van der Waals surface area contributed by atoms with Crippen molar-refractivity contribution >= 4 is 33.2 Å². The molecule has 1 atom stereocenters. The third-order valence-corrected chi connectivity index (χ3v) is 5.76. The number of aromatic nitrogens is 2. The number of fused-ring (bicyclic) bond motifs is 1. The number of nitrogens with one attached hydrogen (secondary N) is 1. The summed E-state index contributed by atoms with van der Waals surface area (Å²) in [7, 11) is 0. The monoisotopic (exact) mass is 396 g/mol. The van der Waals surface area contributed by atoms with Crippen LogP contribution in [-0.4, -0.2) is 9.97 Å². The van der Waals surface area contributed by atoms with Crippen LogP contribution in [-0.2, 0) is 6.54 Å². The van der Waals surface area contributed by atoms with Crippen LogP contribution in [0.15, 0.2) is 64.8 Å². The molecule has 2 aromatic heterocycles. The predicted molar refractivity (Wildman–Crippen MR) is 111 cm³/mol. The molecule has 0 aliphatic carbocycles. The SMILES string of the molecule is C[C@H]([NH2+]Cc1nc2scc(-c3ccc(Cl)cc3)c2c(=O)[nH]1)c1ccccc1. The molecule has 0 saturated carbocycles. The average Bonchev–Trinajstić information content (AvgIpc) is 3.12. The second-order valence-corrected chi connectivity index (χ2v) is 7.78. The van der Waals surface area contributed by atoms with Crippen LogP contribution in [0.5, 0.6) is 0 Å². The molecule has 0 saturated heterocycles. The summed E-state index contributed by atoms with van der Waals surface area (Å²) in [5, 5.41) is 5.47. The maximum absolute atomic E-state index is 12.7. The van der Waals surface area contributed by atoms with Crippen LogP contribution in [0.1, 0.15) is 24.4 Å². The highest BCUT2D eigenvalue weighted by molar-refractivity contribution is 7.17. The molecule has 6 heteroatoms. The zero-order valence-corrected chi connectivity index (χ0v) is 16.3. The van der Waals surface area contributed by atoms with Crippen molar-refractivity contribution in [1.29, 1.82) is 0 Å². The minimum absolute atomic E-state index is 0.0954. The lowest BCUT2D eigenvalue weighted by molar-refractivity contribution is -0.708. The number of nitrogens with two attached hydrogens (primary N) is 1. The molecular formula is C21H19ClN3OS+. The zero-order chi connectivity index (χ0) is 18.8. The predicted octanol–water partition coefficient (Wildman–Crippen LogP) is 4.13. The summed E-state index contributed by atoms with van der Waals surface area (Å²) < 4.78 is 0. The molecule has 2 aromatic carbocycles. The van der Waals surface area contributed by atoms with Crippen molar-refractivity contribution in [3.63, 3.8) is 0 Å². The van der Waals surface area contributed by atoms with Gasteiger partial charge in [0.15, 0.2) is 5.82 Å². The number of H-pyrrole nitrogens is 1. The number of hydrogen-bond acceptors (Lipinski definition) is 3. The van der Waals surface area contributed by atoms with E-state index >= 15 is 0 Å². The molecule has 0 bridgehead atoms. The number of nitrogens with zero attached hydrogens (tertiary/aromatic N) is 1. The average molecular weight is 397 g/mol. The van der Waals surface area contributed by atoms with E-state index in [9.17, 15) is 4.79 Å². The van der Waals surface area contributed by atoms with Crippen LogP contribution in [0, 0.1) is 0 Å². The van der Waals surface area contributed by atoms with E-state index < -0.39 is 0 Å². The number of aromatic amines is 1. The highest BCUT2D eigenvalue weighted by Crippen LogP contribution is 2.31. The molecule has 27 heavy (non-hydrogen) atoms. The molecular weight excluding hydrogens is 378 g/mol. The van der Waals surface area contributed by atoms with Crippen molar-refractivity contribution in [3.05, 3.63) is 86.7 Å². The van der Waals surface area contributed by atoms with E-state index in [-0.39, 0.29) is 5.56 Å². The highest BCUT2D eigenvalue weighted by Gasteiger charge is 2.15. The molecule has 136 valence electrons. The molecule has 0 amide bonds. The smallest absolute Gasteiger partial charge is 0.260 e. The van der Waals surface area contributed by atoms with Crippen molar-refractivity contribution in [2.75, 3.05) is 0 Å². The first kappa shape index (κ1) is 17.9. The number of quaternary nitrogens is 1. The van der Waals surface area contributed by atoms with E-state index in [4.69, 9.17) is 11.6 Å². The first-order valence-electron chi connectivity index (χ1n) is 8.76. The maximum Gasteiger partial charge on any atom is 0.260 e. The van der Waals surface area contributed by atoms with E-state index in [0.29, 0.717) is 28.8 Å². The summed E-state index contributed by atoms with van der Waals surface area (Å²) in [6.45, 7) is 2.77. The van der Waals surface area contributed by atoms with Crippen molar-refractivity contribution < 1.29 is 5.32 Å². The van der Waals surface area contributed by atoms with Gasteiger partial charge in [-0.15, -0.1) is 11.3 Å². The normalized spacial score (nSPS) is 12.4. The maximum atomic E-state index is 12.7. The van der Waals surface area contributed by atoms with Crippen molar-refractivity contribution in [2.45, 2.75) is 19.5 Å². The summed E-state index contributed by atoms with van der Waals surface area (Å²) in [5.41, 5.74) is 3.02. The topological polar surface area (TPSA) is 62.4 Å². The van der Waals surface area contributed by atoms with Crippen LogP contribution in [0.3, 0.4) is 0 Å². The Hall–Kier alpha value is -2.47. The third kappa shape index (κ3) is 3.81. The molecule has 0 spiro atoms. The highest BCUT2D eigenvalue weighted by atomic mass is 35.5. The molecule has 4 nitrogen and oxygen atoms in total. The summed E-state index contributed by atoms with van der Waals surface area (Å²) in [4.78, 5) is 21.1. The molecule has 0 radical (unpaired) electrons. The third-order valence-electron chi connectivity index (χ3n) is 4.64. The van der Waals surface area contributed by atoms with Crippen LogP contribution < -0.4 is 10.9 Å². The fourth-order valence-electron chi connectivity index (χ4n) is 3.11. The molecule has 2 heterocycles. The molecule has 4 aromatic rings. The summed E-state index contributed by atoms with van der Waals surface area (Å²) in [5.74, 6) is 0.694. The fourth-order valence-corrected chi connectivity index (χ4v) is 4.21. The van der Waals surface area contributed by atoms with Gasteiger partial charge in [-0.25, -0.2) is 4.98 Å². The van der Waals surface area contributed by atoms with Crippen molar-refractivity contribution in [2.24, 2.45) is 0 Å². The standard InChI is InChI=1S/C21H18ClN3OS/c1-13(14-5-3-2-4-6-14)23-11-18-24-20(26)19-17(12-27-21(19)25-18)15-7-9-16(22)10-8-15/h2-10,12-13,23H,11H2,1H3,(H,24,25,26)/p+1/t13-/m0/s1. The molecule has 0 unspecified atom stereocenters. The summed E-state index contributed by atoms with van der Waals surface area (Å²) in [6.07, 6.45) is 0. The van der Waals surface area contributed by atoms with Gasteiger partial charge >= 0.3 is 0 Å². The summed E-state index contributed by atoms with van der Waals surface area (Å²) >= 11 is 7.46. The number of benzene rings is 2. The van der Waals surface area contributed by atoms with E-state index in [2.05, 4.69) is 34.3 Å². The van der Waals surface area contributed by atoms with Crippen molar-refractivity contribution in [1.82, 2.24) is 9.97 Å². The van der Waals surface area contributed by atoms with E-state index in [0.717, 1.165) is 16.0 Å². The van der Waals surface area contributed by atoms with E-state index in [1.54, 1.807) is 0 Å². The Bertz CT molecular complexity index is 1120. The first-order valence-corrected chi connectivity index (χ1v) is 10.0. The van der Waals surface area contributed by atoms with E-state index in [1.807, 2.05) is 47.8 Å². The zero-order valence-electron chi connectivity index (χ0n) is 14.8. The lowest BCUT2D eigenvalue weighted by atomic mass is 10.1. The first-order chi connectivity index (χ1) is 13.1. The van der Waals surface area contributed by atoms with Gasteiger partial charge in [0.1, 0.15) is 17.4 Å². The molecule has 3 N–H and O–H groups in total. The number of thiophene rings is 1. The Morgan fingerprint density at radius 2 is 1.89 bits per heavy atom. The fraction of sp³-hybridized carbons (Fsp3) is 0.143. The Balaban J connectivity index is 1.59. The van der Waals surface area contributed by atoms with Crippen LogP contribution in [0.2, 0.25) is 5.02 Å². The molecule has 0 aliphatic heterocycles. The molecule has 4 rings (SSSR count). The molecule has 0 aliphatic rings. The number of halogens is 1. The lowest BCUT2D eigenvalue weighted by Crippen LogP contribution is -2.83. The lowest BCUT2D eigenvalue weighted by Gasteiger charge is -2.10. The minimum atomic E-state index is -0.0954. The van der Waals surface area contributed by atoms with E-state index in [1.165, 1.54) is 16.9 Å². The number of rotatable bonds is 5. The van der Waals surface area contributed by atoms with Crippen LogP contribution >= 0.6 is 22.9 Å². The quantitative estimate of drug-likeness (QED) is 0.532. The van der Waals surface area contributed by atoms with Gasteiger partial charge in [-0.3, -0.25) is 4.79 Å². The summed E-state index contributed by atoms with van der Waals surface area (Å²) in [6, 6.07) is 18.1. The Labute approximate surface area is 165 Å². The number of hydrogen-bond donors (Lipinski definition) is 2. The van der Waals surface area contributed by atoms with Gasteiger partial charge in [-0.2, -0.15) is 0 Å². The molecule has 0 fully saturated rings. The van der Waals surface area contributed by atoms with Gasteiger partial charge in [0.2, 0.25) is 0 Å². The minimum Gasteiger partial charge on any atom is -0.334 e. The Morgan fingerprint density at radius 1 is 1.15 bits per heavy atom.